The molecular weight excluding hydrogens is 268 g/mol. The SMILES string of the molecule is CC(=O)N1C[C@@H](C)N(C(=O)OCc2ccccc2)C[C@@H]1C. The maximum atomic E-state index is 12.2. The van der Waals surface area contributed by atoms with Gasteiger partial charge in [0, 0.05) is 32.1 Å². The summed E-state index contributed by atoms with van der Waals surface area (Å²) in [6, 6.07) is 9.59. The lowest BCUT2D eigenvalue weighted by atomic mass is 10.1. The van der Waals surface area contributed by atoms with Gasteiger partial charge in [0.2, 0.25) is 5.91 Å². The van der Waals surface area contributed by atoms with Crippen molar-refractivity contribution in [2.24, 2.45) is 0 Å². The second kappa shape index (κ2) is 6.61. The van der Waals surface area contributed by atoms with E-state index in [0.717, 1.165) is 5.56 Å². The Balaban J connectivity index is 1.92. The molecule has 1 aromatic carbocycles. The Hall–Kier alpha value is -2.04. The molecule has 1 aromatic rings. The minimum absolute atomic E-state index is 0.0166. The summed E-state index contributed by atoms with van der Waals surface area (Å²) >= 11 is 0. The molecule has 2 atom stereocenters. The van der Waals surface area contributed by atoms with Crippen molar-refractivity contribution in [2.45, 2.75) is 39.5 Å². The molecule has 1 aliphatic rings. The molecule has 5 heteroatoms. The molecule has 1 heterocycles. The number of hydrogen-bond donors (Lipinski definition) is 0. The number of piperazine rings is 1. The van der Waals surface area contributed by atoms with Crippen LogP contribution in [0, 0.1) is 0 Å². The van der Waals surface area contributed by atoms with Gasteiger partial charge in [-0.3, -0.25) is 4.79 Å². The van der Waals surface area contributed by atoms with E-state index in [4.69, 9.17) is 4.74 Å². The average Bonchev–Trinajstić information content (AvgIpc) is 2.47. The van der Waals surface area contributed by atoms with Gasteiger partial charge < -0.3 is 14.5 Å². The Morgan fingerprint density at radius 2 is 1.67 bits per heavy atom. The minimum Gasteiger partial charge on any atom is -0.445 e. The van der Waals surface area contributed by atoms with Crippen LogP contribution in [0.3, 0.4) is 0 Å². The standard InChI is InChI=1S/C16H22N2O3/c1-12-10-18(13(2)9-17(12)14(3)19)16(20)21-11-15-7-5-4-6-8-15/h4-8,12-13H,9-11H2,1-3H3/t12-,13+/m0/s1. The largest absolute Gasteiger partial charge is 0.445 e. The highest BCUT2D eigenvalue weighted by atomic mass is 16.6. The van der Waals surface area contributed by atoms with Crippen LogP contribution < -0.4 is 0 Å². The van der Waals surface area contributed by atoms with Gasteiger partial charge in [-0.15, -0.1) is 0 Å². The Labute approximate surface area is 125 Å². The van der Waals surface area contributed by atoms with Crippen molar-refractivity contribution >= 4 is 12.0 Å². The lowest BCUT2D eigenvalue weighted by molar-refractivity contribution is -0.134. The van der Waals surface area contributed by atoms with Crippen molar-refractivity contribution < 1.29 is 14.3 Å². The third-order valence-corrected chi connectivity index (χ3v) is 3.83. The Bertz CT molecular complexity index is 504. The number of nitrogens with zero attached hydrogens (tertiary/aromatic N) is 2. The van der Waals surface area contributed by atoms with Crippen LogP contribution in [0.2, 0.25) is 0 Å². The van der Waals surface area contributed by atoms with Crippen molar-refractivity contribution in [3.05, 3.63) is 35.9 Å². The molecule has 0 aliphatic carbocycles. The van der Waals surface area contributed by atoms with E-state index in [2.05, 4.69) is 0 Å². The van der Waals surface area contributed by atoms with E-state index in [-0.39, 0.29) is 30.7 Å². The Kier molecular flexibility index (Phi) is 4.83. The number of carbonyl (C=O) groups is 2. The highest BCUT2D eigenvalue weighted by Crippen LogP contribution is 2.17. The Morgan fingerprint density at radius 3 is 2.29 bits per heavy atom. The molecular formula is C16H22N2O3. The fourth-order valence-corrected chi connectivity index (χ4v) is 2.62. The van der Waals surface area contributed by atoms with Gasteiger partial charge in [0.1, 0.15) is 6.61 Å². The first-order chi connectivity index (χ1) is 9.99. The molecule has 0 radical (unpaired) electrons. The maximum Gasteiger partial charge on any atom is 0.410 e. The van der Waals surface area contributed by atoms with E-state index < -0.39 is 0 Å². The summed E-state index contributed by atoms with van der Waals surface area (Å²) in [6.45, 7) is 6.78. The molecule has 21 heavy (non-hydrogen) atoms. The molecule has 2 amide bonds. The van der Waals surface area contributed by atoms with Crippen molar-refractivity contribution in [3.63, 3.8) is 0 Å². The summed E-state index contributed by atoms with van der Waals surface area (Å²) in [7, 11) is 0. The van der Waals surface area contributed by atoms with Gasteiger partial charge in [0.25, 0.3) is 0 Å². The maximum absolute atomic E-state index is 12.2. The van der Waals surface area contributed by atoms with E-state index in [0.29, 0.717) is 13.1 Å². The molecule has 114 valence electrons. The molecule has 0 aromatic heterocycles. The number of hydrogen-bond acceptors (Lipinski definition) is 3. The smallest absolute Gasteiger partial charge is 0.410 e. The number of rotatable bonds is 2. The predicted molar refractivity (Wildman–Crippen MR) is 79.6 cm³/mol. The van der Waals surface area contributed by atoms with Crippen LogP contribution in [0.4, 0.5) is 4.79 Å². The molecule has 0 saturated carbocycles. The monoisotopic (exact) mass is 290 g/mol. The molecule has 1 aliphatic heterocycles. The second-order valence-electron chi connectivity index (χ2n) is 5.56. The first kappa shape index (κ1) is 15.4. The van der Waals surface area contributed by atoms with Crippen molar-refractivity contribution in [2.75, 3.05) is 13.1 Å². The summed E-state index contributed by atoms with van der Waals surface area (Å²) in [5, 5.41) is 0. The van der Waals surface area contributed by atoms with Crippen molar-refractivity contribution in [3.8, 4) is 0 Å². The summed E-state index contributed by atoms with van der Waals surface area (Å²) in [4.78, 5) is 27.2. The van der Waals surface area contributed by atoms with E-state index >= 15 is 0 Å². The first-order valence-electron chi connectivity index (χ1n) is 7.23. The van der Waals surface area contributed by atoms with Gasteiger partial charge in [-0.1, -0.05) is 30.3 Å². The average molecular weight is 290 g/mol. The van der Waals surface area contributed by atoms with Gasteiger partial charge in [0.05, 0.1) is 0 Å². The van der Waals surface area contributed by atoms with Gasteiger partial charge in [-0.2, -0.15) is 0 Å². The molecule has 1 fully saturated rings. The third kappa shape index (κ3) is 3.74. The van der Waals surface area contributed by atoms with Crippen molar-refractivity contribution in [1.29, 1.82) is 0 Å². The van der Waals surface area contributed by atoms with Crippen LogP contribution in [0.15, 0.2) is 30.3 Å². The fourth-order valence-electron chi connectivity index (χ4n) is 2.62. The van der Waals surface area contributed by atoms with E-state index in [1.54, 1.807) is 16.7 Å². The zero-order valence-corrected chi connectivity index (χ0v) is 12.8. The van der Waals surface area contributed by atoms with Gasteiger partial charge >= 0.3 is 6.09 Å². The predicted octanol–water partition coefficient (Wildman–Crippen LogP) is 2.26. The minimum atomic E-state index is -0.318. The highest BCUT2D eigenvalue weighted by molar-refractivity contribution is 5.74. The second-order valence-corrected chi connectivity index (χ2v) is 5.56. The summed E-state index contributed by atoms with van der Waals surface area (Å²) in [6.07, 6.45) is -0.318. The third-order valence-electron chi connectivity index (χ3n) is 3.83. The van der Waals surface area contributed by atoms with E-state index in [1.807, 2.05) is 44.2 Å². The highest BCUT2D eigenvalue weighted by Gasteiger charge is 2.33. The number of ether oxygens (including phenoxy) is 1. The van der Waals surface area contributed by atoms with Crippen molar-refractivity contribution in [1.82, 2.24) is 9.80 Å². The molecule has 1 saturated heterocycles. The molecule has 0 N–H and O–H groups in total. The number of carbonyl (C=O) groups excluding carboxylic acids is 2. The zero-order chi connectivity index (χ0) is 15.4. The van der Waals surface area contributed by atoms with Gasteiger partial charge in [-0.25, -0.2) is 4.79 Å². The summed E-state index contributed by atoms with van der Waals surface area (Å²) in [5.41, 5.74) is 0.967. The molecule has 0 spiro atoms. The van der Waals surface area contributed by atoms with Crippen LogP contribution in [-0.4, -0.2) is 47.0 Å². The van der Waals surface area contributed by atoms with Crippen LogP contribution in [0.25, 0.3) is 0 Å². The lowest BCUT2D eigenvalue weighted by Gasteiger charge is -2.43. The molecule has 0 bridgehead atoms. The van der Waals surface area contributed by atoms with Crippen LogP contribution >= 0.6 is 0 Å². The van der Waals surface area contributed by atoms with Crippen LogP contribution in [0.5, 0.6) is 0 Å². The van der Waals surface area contributed by atoms with E-state index in [1.165, 1.54) is 0 Å². The molecule has 2 rings (SSSR count). The lowest BCUT2D eigenvalue weighted by Crippen LogP contribution is -2.59. The van der Waals surface area contributed by atoms with Gasteiger partial charge in [-0.05, 0) is 19.4 Å². The Morgan fingerprint density at radius 1 is 1.10 bits per heavy atom. The zero-order valence-electron chi connectivity index (χ0n) is 12.8. The molecule has 0 unspecified atom stereocenters. The molecule has 5 nitrogen and oxygen atoms in total. The van der Waals surface area contributed by atoms with Crippen LogP contribution in [-0.2, 0) is 16.1 Å². The summed E-state index contributed by atoms with van der Waals surface area (Å²) < 4.78 is 5.37. The van der Waals surface area contributed by atoms with E-state index in [9.17, 15) is 9.59 Å². The first-order valence-corrected chi connectivity index (χ1v) is 7.23. The topological polar surface area (TPSA) is 49.9 Å². The quantitative estimate of drug-likeness (QED) is 0.839. The number of benzene rings is 1. The van der Waals surface area contributed by atoms with Gasteiger partial charge in [0.15, 0.2) is 0 Å². The summed E-state index contributed by atoms with van der Waals surface area (Å²) in [5.74, 6) is 0.0478. The normalized spacial score (nSPS) is 22.0. The van der Waals surface area contributed by atoms with Crippen LogP contribution in [0.1, 0.15) is 26.3 Å². The fraction of sp³-hybridized carbons (Fsp3) is 0.500. The number of amides is 2.